The van der Waals surface area contributed by atoms with Crippen LogP contribution < -0.4 is 31.9 Å². The molecular formula is C65H60ClF3N16O6. The monoisotopic (exact) mass is 1250 g/mol. The van der Waals surface area contributed by atoms with E-state index in [1.54, 1.807) is 106 Å². The number of amides is 6. The summed E-state index contributed by atoms with van der Waals surface area (Å²) in [6, 6.07) is 27.1. The van der Waals surface area contributed by atoms with Gasteiger partial charge in [0.05, 0.1) is 62.9 Å². The molecule has 0 saturated heterocycles. The van der Waals surface area contributed by atoms with Crippen molar-refractivity contribution >= 4 is 64.1 Å². The second kappa shape index (κ2) is 26.8. The van der Waals surface area contributed by atoms with Gasteiger partial charge in [-0.1, -0.05) is 29.8 Å². The molecule has 3 aliphatic rings. The molecule has 9 aromatic rings. The molecule has 3 aromatic carbocycles. The van der Waals surface area contributed by atoms with Crippen molar-refractivity contribution in [1.82, 2.24) is 60.2 Å². The molecule has 6 amide bonds. The first-order valence-electron chi connectivity index (χ1n) is 28.9. The van der Waals surface area contributed by atoms with Crippen molar-refractivity contribution < 1.29 is 41.9 Å². The number of hydrogen-bond donors (Lipinski definition) is 6. The lowest BCUT2D eigenvalue weighted by atomic mass is 10.1. The summed E-state index contributed by atoms with van der Waals surface area (Å²) >= 11 is 6.20. The number of halogens is 4. The van der Waals surface area contributed by atoms with Gasteiger partial charge in [0.1, 0.15) is 11.6 Å². The smallest absolute Gasteiger partial charge is 0.349 e. The third kappa shape index (κ3) is 15.0. The van der Waals surface area contributed by atoms with Crippen molar-refractivity contribution in [2.45, 2.75) is 104 Å². The predicted octanol–water partition coefficient (Wildman–Crippen LogP) is 10.6. The fourth-order valence-corrected chi connectivity index (χ4v) is 9.46. The summed E-state index contributed by atoms with van der Waals surface area (Å²) in [4.78, 5) is 87.8. The SMILES string of the molecule is Cc1ccc(C(=O)NC2CC2)cc1NC(=O)c1cnn(-c2ncccc2C#N)c1C.Cc1ccc(C(=O)NC2CC2)cc1NC(=O)c1cnn(-c2ncccc2C(F)(F)F)c1C.Cc1ccc(C(=O)NC2CC2)cc1NC(=O)c1cnn(-c2ncccc2Cl)c1C. The average Bonchev–Trinajstić information content (AvgIpc) is 1.78. The topological polar surface area (TPSA) is 291 Å². The Labute approximate surface area is 524 Å². The number of nitrogens with one attached hydrogen (secondary N) is 6. The second-order valence-corrected chi connectivity index (χ2v) is 22.4. The van der Waals surface area contributed by atoms with E-state index in [1.165, 1.54) is 47.1 Å². The molecule has 0 spiro atoms. The lowest BCUT2D eigenvalue weighted by Gasteiger charge is -2.13. The Morgan fingerprint density at radius 3 is 1.19 bits per heavy atom. The highest BCUT2D eigenvalue weighted by Crippen LogP contribution is 2.34. The highest BCUT2D eigenvalue weighted by molar-refractivity contribution is 6.32. The molecule has 26 heteroatoms. The van der Waals surface area contributed by atoms with Gasteiger partial charge in [-0.15, -0.1) is 0 Å². The Kier molecular flexibility index (Phi) is 18.6. The molecule has 22 nitrogen and oxygen atoms in total. The van der Waals surface area contributed by atoms with Gasteiger partial charge in [0, 0.05) is 70.5 Å². The van der Waals surface area contributed by atoms with Crippen LogP contribution in [-0.4, -0.2) is 97.9 Å². The molecule has 0 atom stereocenters. The van der Waals surface area contributed by atoms with Crippen LogP contribution >= 0.6 is 11.6 Å². The Hall–Kier alpha value is -10.9. The number of nitriles is 1. The van der Waals surface area contributed by atoms with Crippen LogP contribution in [0, 0.1) is 52.9 Å². The standard InChI is InChI=1S/C22H20F3N5O2.C22H20N6O2.C21H20ClN5O2/c1-12-5-6-14(20(31)28-15-7-8-15)10-18(12)29-21(32)16-11-27-30(13(16)2)19-17(22(23,24)25)4-3-9-26-19;1-13-5-6-15(21(29)26-17-7-8-17)10-19(13)27-22(30)18-12-25-28(14(18)2)20-16(11-23)4-3-9-24-20;1-12-5-6-14(20(28)25-15-7-8-15)10-18(12)26-21(29)16-11-24-27(13(16)2)19-17(22)4-3-9-23-19/h3-6,9-11,15H,7-8H2,1-2H3,(H,28,31)(H,29,32);3-6,9-10,12,17H,7-8H2,1-2H3,(H,26,29)(H,27,30);3-6,9-11,15H,7-8H2,1-2H3,(H,25,28)(H,26,29). The molecule has 3 saturated carbocycles. The van der Waals surface area contributed by atoms with E-state index < -0.39 is 23.5 Å². The van der Waals surface area contributed by atoms with Gasteiger partial charge in [0.25, 0.3) is 35.4 Å². The zero-order valence-electron chi connectivity index (χ0n) is 50.0. The van der Waals surface area contributed by atoms with Gasteiger partial charge in [-0.2, -0.15) is 33.7 Å². The van der Waals surface area contributed by atoms with Crippen molar-refractivity contribution in [2.24, 2.45) is 0 Å². The third-order valence-electron chi connectivity index (χ3n) is 15.1. The minimum Gasteiger partial charge on any atom is -0.349 e. The van der Waals surface area contributed by atoms with Gasteiger partial charge in [-0.3, -0.25) is 28.8 Å². The third-order valence-corrected chi connectivity index (χ3v) is 15.4. The number of benzene rings is 3. The van der Waals surface area contributed by atoms with Crippen molar-refractivity contribution in [1.29, 1.82) is 5.26 Å². The number of anilines is 3. The molecule has 6 N–H and O–H groups in total. The molecule has 3 fully saturated rings. The average molecular weight is 1250 g/mol. The highest BCUT2D eigenvalue weighted by Gasteiger charge is 2.36. The van der Waals surface area contributed by atoms with Crippen LogP contribution in [-0.2, 0) is 6.18 Å². The Morgan fingerprint density at radius 1 is 0.484 bits per heavy atom. The van der Waals surface area contributed by atoms with E-state index in [-0.39, 0.29) is 58.9 Å². The van der Waals surface area contributed by atoms with E-state index in [0.717, 1.165) is 66.0 Å². The van der Waals surface area contributed by atoms with Crippen LogP contribution in [0.5, 0.6) is 0 Å². The summed E-state index contributed by atoms with van der Waals surface area (Å²) in [5, 5.41) is 39.5. The van der Waals surface area contributed by atoms with Crippen LogP contribution in [0.25, 0.3) is 17.5 Å². The van der Waals surface area contributed by atoms with Crippen LogP contribution in [0.2, 0.25) is 5.02 Å². The molecule has 0 radical (unpaired) electrons. The Balaban J connectivity index is 0.000000150. The summed E-state index contributed by atoms with van der Waals surface area (Å²) in [7, 11) is 0. The number of aryl methyl sites for hydroxylation is 3. The van der Waals surface area contributed by atoms with Gasteiger partial charge in [-0.25, -0.2) is 29.0 Å². The van der Waals surface area contributed by atoms with Crippen molar-refractivity contribution in [2.75, 3.05) is 16.0 Å². The summed E-state index contributed by atoms with van der Waals surface area (Å²) in [5.41, 5.74) is 7.07. The van der Waals surface area contributed by atoms with Crippen molar-refractivity contribution in [3.8, 4) is 23.5 Å². The minimum atomic E-state index is -4.62. The lowest BCUT2D eigenvalue weighted by Crippen LogP contribution is -2.25. The zero-order valence-corrected chi connectivity index (χ0v) is 50.8. The van der Waals surface area contributed by atoms with Gasteiger partial charge in [0.15, 0.2) is 17.5 Å². The summed E-state index contributed by atoms with van der Waals surface area (Å²) < 4.78 is 44.1. The lowest BCUT2D eigenvalue weighted by molar-refractivity contribution is -0.137. The maximum atomic E-state index is 13.4. The Bertz CT molecular complexity index is 4370. The summed E-state index contributed by atoms with van der Waals surface area (Å²) in [6.07, 6.45) is 9.87. The molecule has 3 aliphatic carbocycles. The second-order valence-electron chi connectivity index (χ2n) is 22.0. The van der Waals surface area contributed by atoms with Gasteiger partial charge in [-0.05, 0) is 170 Å². The van der Waals surface area contributed by atoms with E-state index in [2.05, 4.69) is 68.2 Å². The number of carbonyl (C=O) groups excluding carboxylic acids is 6. The number of aromatic nitrogens is 9. The van der Waals surface area contributed by atoms with Crippen LogP contribution in [0.3, 0.4) is 0 Å². The number of nitrogens with zero attached hydrogens (tertiary/aromatic N) is 10. The van der Waals surface area contributed by atoms with Gasteiger partial charge >= 0.3 is 6.18 Å². The van der Waals surface area contributed by atoms with E-state index in [1.807, 2.05) is 19.9 Å². The van der Waals surface area contributed by atoms with E-state index in [0.29, 0.717) is 78.5 Å². The fraction of sp³-hybridized carbons (Fsp3) is 0.246. The van der Waals surface area contributed by atoms with Crippen LogP contribution in [0.1, 0.15) is 146 Å². The zero-order chi connectivity index (χ0) is 64.8. The Morgan fingerprint density at radius 2 is 0.824 bits per heavy atom. The molecule has 0 unspecified atom stereocenters. The number of carbonyl (C=O) groups is 6. The van der Waals surface area contributed by atoms with Gasteiger partial charge in [0.2, 0.25) is 0 Å². The first kappa shape index (κ1) is 63.2. The largest absolute Gasteiger partial charge is 0.420 e. The quantitative estimate of drug-likeness (QED) is 0.0557. The van der Waals surface area contributed by atoms with Gasteiger partial charge < -0.3 is 31.9 Å². The number of alkyl halides is 3. The molecule has 0 bridgehead atoms. The molecule has 6 aromatic heterocycles. The molecule has 6 heterocycles. The fourth-order valence-electron chi connectivity index (χ4n) is 9.26. The van der Waals surface area contributed by atoms with Crippen molar-refractivity contribution in [3.63, 3.8) is 0 Å². The van der Waals surface area contributed by atoms with E-state index in [9.17, 15) is 47.2 Å². The number of hydrogen-bond acceptors (Lipinski definition) is 13. The van der Waals surface area contributed by atoms with Crippen LogP contribution in [0.4, 0.5) is 30.2 Å². The maximum absolute atomic E-state index is 13.4. The first-order valence-corrected chi connectivity index (χ1v) is 29.3. The number of pyridine rings is 3. The first-order chi connectivity index (χ1) is 43.6. The molecular weight excluding hydrogens is 1190 g/mol. The van der Waals surface area contributed by atoms with Crippen LogP contribution in [0.15, 0.2) is 128 Å². The molecule has 91 heavy (non-hydrogen) atoms. The molecule has 464 valence electrons. The molecule has 12 rings (SSSR count). The maximum Gasteiger partial charge on any atom is 0.420 e. The minimum absolute atomic E-state index is 0.0935. The summed E-state index contributed by atoms with van der Waals surface area (Å²) in [6.45, 7) is 10.5. The van der Waals surface area contributed by atoms with E-state index in [4.69, 9.17) is 11.6 Å². The van der Waals surface area contributed by atoms with E-state index >= 15 is 0 Å². The highest BCUT2D eigenvalue weighted by atomic mass is 35.5. The summed E-state index contributed by atoms with van der Waals surface area (Å²) in [5.74, 6) is -1.30. The normalized spacial score (nSPS) is 13.2. The molecule has 0 aliphatic heterocycles. The number of rotatable bonds is 15. The van der Waals surface area contributed by atoms with Crippen molar-refractivity contribution in [3.05, 3.63) is 211 Å². The predicted molar refractivity (Wildman–Crippen MR) is 332 cm³/mol.